The Morgan fingerprint density at radius 3 is 2.92 bits per heavy atom. The van der Waals surface area contributed by atoms with Gasteiger partial charge < -0.3 is 19.7 Å². The summed E-state index contributed by atoms with van der Waals surface area (Å²) in [6.07, 6.45) is 0.915. The van der Waals surface area contributed by atoms with Gasteiger partial charge in [0.15, 0.2) is 17.5 Å². The average Bonchev–Trinajstić information content (AvgIpc) is 3.07. The van der Waals surface area contributed by atoms with Gasteiger partial charge in [0.2, 0.25) is 0 Å². The predicted molar refractivity (Wildman–Crippen MR) is 98.6 cm³/mol. The van der Waals surface area contributed by atoms with Crippen LogP contribution in [0.25, 0.3) is 0 Å². The van der Waals surface area contributed by atoms with E-state index in [1.165, 1.54) is 6.07 Å². The third-order valence-electron chi connectivity index (χ3n) is 4.14. The molecule has 0 spiro atoms. The number of halogens is 1. The fourth-order valence-corrected chi connectivity index (χ4v) is 2.88. The third kappa shape index (κ3) is 6.20. The van der Waals surface area contributed by atoms with Crippen molar-refractivity contribution in [2.24, 2.45) is 10.9 Å². The molecule has 25 heavy (non-hydrogen) atoms. The molecule has 0 bridgehead atoms. The highest BCUT2D eigenvalue weighted by Gasteiger charge is 2.25. The van der Waals surface area contributed by atoms with Crippen LogP contribution in [-0.4, -0.2) is 56.4 Å². The van der Waals surface area contributed by atoms with E-state index in [0.29, 0.717) is 12.5 Å². The van der Waals surface area contributed by atoms with Crippen LogP contribution in [0, 0.1) is 11.7 Å². The van der Waals surface area contributed by atoms with E-state index in [4.69, 9.17) is 9.47 Å². The maximum Gasteiger partial charge on any atom is 0.194 e. The number of likely N-dealkylation sites (tertiary alicyclic amines) is 1. The van der Waals surface area contributed by atoms with Crippen LogP contribution in [0.4, 0.5) is 4.39 Å². The van der Waals surface area contributed by atoms with Crippen molar-refractivity contribution in [3.05, 3.63) is 30.1 Å². The lowest BCUT2D eigenvalue weighted by Crippen LogP contribution is -2.41. The quantitative estimate of drug-likeness (QED) is 0.578. The van der Waals surface area contributed by atoms with Gasteiger partial charge in [-0.3, -0.25) is 0 Å². The summed E-state index contributed by atoms with van der Waals surface area (Å²) < 4.78 is 24.9. The minimum absolute atomic E-state index is 0.201. The molecule has 0 saturated carbocycles. The molecular formula is C19H30FN3O2. The molecule has 1 aliphatic heterocycles. The summed E-state index contributed by atoms with van der Waals surface area (Å²) in [6, 6.07) is 6.46. The lowest BCUT2D eigenvalue weighted by atomic mass is 10.1. The Morgan fingerprint density at radius 1 is 1.40 bits per heavy atom. The molecule has 1 N–H and O–H groups in total. The highest BCUT2D eigenvalue weighted by atomic mass is 19.1. The van der Waals surface area contributed by atoms with Crippen molar-refractivity contribution >= 4 is 5.96 Å². The zero-order valence-electron chi connectivity index (χ0n) is 15.5. The monoisotopic (exact) mass is 351 g/mol. The fraction of sp³-hybridized carbons (Fsp3) is 0.632. The van der Waals surface area contributed by atoms with Crippen molar-refractivity contribution in [3.8, 4) is 5.75 Å². The van der Waals surface area contributed by atoms with E-state index in [2.05, 4.69) is 22.1 Å². The number of guanidine groups is 1. The molecule has 0 aromatic heterocycles. The predicted octanol–water partition coefficient (Wildman–Crippen LogP) is 2.92. The summed E-state index contributed by atoms with van der Waals surface area (Å²) in [7, 11) is 0. The summed E-state index contributed by atoms with van der Waals surface area (Å²) >= 11 is 0. The van der Waals surface area contributed by atoms with E-state index in [0.717, 1.165) is 45.2 Å². The maximum absolute atomic E-state index is 13.7. The summed E-state index contributed by atoms with van der Waals surface area (Å²) in [4.78, 5) is 6.95. The number of aliphatic imine (C=N–C) groups is 1. The number of hydrogen-bond acceptors (Lipinski definition) is 3. The number of benzene rings is 1. The van der Waals surface area contributed by atoms with Gasteiger partial charge in [0, 0.05) is 32.2 Å². The number of rotatable bonds is 8. The zero-order chi connectivity index (χ0) is 18.1. The molecule has 2 atom stereocenters. The smallest absolute Gasteiger partial charge is 0.194 e. The van der Waals surface area contributed by atoms with Gasteiger partial charge in [-0.05, 0) is 39.3 Å². The van der Waals surface area contributed by atoms with E-state index in [9.17, 15) is 4.39 Å². The minimum Gasteiger partial charge on any atom is -0.486 e. The van der Waals surface area contributed by atoms with Crippen molar-refractivity contribution in [2.75, 3.05) is 39.4 Å². The number of nitrogens with zero attached hydrogens (tertiary/aromatic N) is 2. The van der Waals surface area contributed by atoms with Gasteiger partial charge >= 0.3 is 0 Å². The molecule has 2 unspecified atom stereocenters. The van der Waals surface area contributed by atoms with E-state index in [1.807, 2.05) is 13.8 Å². The first kappa shape index (κ1) is 19.5. The van der Waals surface area contributed by atoms with Crippen LogP contribution in [0.5, 0.6) is 5.75 Å². The lowest BCUT2D eigenvalue weighted by Gasteiger charge is -2.22. The highest BCUT2D eigenvalue weighted by Crippen LogP contribution is 2.18. The van der Waals surface area contributed by atoms with Crippen LogP contribution in [0.3, 0.4) is 0 Å². The molecule has 5 nitrogen and oxygen atoms in total. The molecule has 0 radical (unpaired) electrons. The summed E-state index contributed by atoms with van der Waals surface area (Å²) in [5.41, 5.74) is 0. The second-order valence-corrected chi connectivity index (χ2v) is 6.31. The third-order valence-corrected chi connectivity index (χ3v) is 4.14. The molecule has 1 aromatic rings. The number of nitrogens with one attached hydrogen (secondary N) is 1. The molecule has 0 aliphatic carbocycles. The van der Waals surface area contributed by atoms with Crippen LogP contribution in [0.2, 0.25) is 0 Å². The van der Waals surface area contributed by atoms with Gasteiger partial charge in [-0.1, -0.05) is 12.1 Å². The first-order valence-corrected chi connectivity index (χ1v) is 9.16. The molecule has 0 amide bonds. The Kier molecular flexibility index (Phi) is 7.98. The summed E-state index contributed by atoms with van der Waals surface area (Å²) in [6.45, 7) is 10.8. The molecule has 6 heteroatoms. The maximum atomic E-state index is 13.7. The average molecular weight is 351 g/mol. The Balaban J connectivity index is 1.89. The van der Waals surface area contributed by atoms with Crippen LogP contribution < -0.4 is 10.1 Å². The van der Waals surface area contributed by atoms with Crippen molar-refractivity contribution < 1.29 is 13.9 Å². The Labute approximate surface area is 150 Å². The summed E-state index contributed by atoms with van der Waals surface area (Å²) in [5, 5.41) is 3.34. The number of para-hydroxylation sites is 1. The van der Waals surface area contributed by atoms with E-state index < -0.39 is 0 Å². The van der Waals surface area contributed by atoms with Crippen LogP contribution in [0.15, 0.2) is 29.3 Å². The van der Waals surface area contributed by atoms with Crippen molar-refractivity contribution in [1.82, 2.24) is 10.2 Å². The normalized spacial score (nSPS) is 19.1. The number of hydrogen-bond donors (Lipinski definition) is 1. The second-order valence-electron chi connectivity index (χ2n) is 6.31. The molecule has 1 fully saturated rings. The lowest BCUT2D eigenvalue weighted by molar-refractivity contribution is 0.114. The van der Waals surface area contributed by atoms with Gasteiger partial charge in [0.05, 0.1) is 13.2 Å². The van der Waals surface area contributed by atoms with Crippen molar-refractivity contribution in [2.45, 2.75) is 33.3 Å². The van der Waals surface area contributed by atoms with E-state index in [1.54, 1.807) is 18.2 Å². The second kappa shape index (κ2) is 10.2. The SMILES string of the molecule is CCNC(=NCC(C)Oc1ccccc1F)N1CCC(COCC)C1. The van der Waals surface area contributed by atoms with E-state index >= 15 is 0 Å². The van der Waals surface area contributed by atoms with Gasteiger partial charge in [-0.25, -0.2) is 9.38 Å². The van der Waals surface area contributed by atoms with Crippen LogP contribution in [0.1, 0.15) is 27.2 Å². The topological polar surface area (TPSA) is 46.1 Å². The van der Waals surface area contributed by atoms with Crippen molar-refractivity contribution in [1.29, 1.82) is 0 Å². The van der Waals surface area contributed by atoms with Gasteiger partial charge in [0.1, 0.15) is 6.10 Å². The highest BCUT2D eigenvalue weighted by molar-refractivity contribution is 5.80. The van der Waals surface area contributed by atoms with Crippen molar-refractivity contribution in [3.63, 3.8) is 0 Å². The first-order chi connectivity index (χ1) is 12.1. The van der Waals surface area contributed by atoms with Gasteiger partial charge in [0.25, 0.3) is 0 Å². The van der Waals surface area contributed by atoms with Crippen LogP contribution in [-0.2, 0) is 4.74 Å². The first-order valence-electron chi connectivity index (χ1n) is 9.16. The zero-order valence-corrected chi connectivity index (χ0v) is 15.5. The molecule has 1 aliphatic rings. The van der Waals surface area contributed by atoms with Gasteiger partial charge in [-0.15, -0.1) is 0 Å². The van der Waals surface area contributed by atoms with Gasteiger partial charge in [-0.2, -0.15) is 0 Å². The molecular weight excluding hydrogens is 321 g/mol. The van der Waals surface area contributed by atoms with E-state index in [-0.39, 0.29) is 17.7 Å². The number of ether oxygens (including phenoxy) is 2. The molecule has 1 saturated heterocycles. The molecule has 140 valence electrons. The fourth-order valence-electron chi connectivity index (χ4n) is 2.88. The summed E-state index contributed by atoms with van der Waals surface area (Å²) in [5.74, 6) is 1.37. The Bertz CT molecular complexity index is 553. The molecule has 2 rings (SSSR count). The van der Waals surface area contributed by atoms with Crippen LogP contribution >= 0.6 is 0 Å². The molecule has 1 aromatic carbocycles. The Morgan fingerprint density at radius 2 is 2.20 bits per heavy atom. The Hall–Kier alpha value is -1.82. The minimum atomic E-state index is -0.344. The molecule has 1 heterocycles. The largest absolute Gasteiger partial charge is 0.486 e. The standard InChI is InChI=1S/C19H30FN3O2/c1-4-21-19(23-11-10-16(13-23)14-24-5-2)22-12-15(3)25-18-9-7-6-8-17(18)20/h6-9,15-16H,4-5,10-14H2,1-3H3,(H,21,22).